The topological polar surface area (TPSA) is 237 Å². The molecule has 19 heteroatoms. The van der Waals surface area contributed by atoms with E-state index in [9.17, 15) is 43.2 Å². The van der Waals surface area contributed by atoms with Crippen LogP contribution in [-0.2, 0) is 65.4 Å². The van der Waals surface area contributed by atoms with E-state index in [4.69, 9.17) is 37.0 Å². The lowest BCUT2D eigenvalue weighted by Gasteiger charge is -2.21. The molecule has 17 nitrogen and oxygen atoms in total. The Balaban J connectivity index is 5.26. The number of rotatable bonds is 70. The average molecular weight is 1350 g/mol. The third-order valence-corrected chi connectivity index (χ3v) is 18.7. The molecule has 0 bridgehead atoms. The van der Waals surface area contributed by atoms with Gasteiger partial charge in [-0.1, -0.05) is 312 Å². The van der Waals surface area contributed by atoms with Gasteiger partial charge in [0, 0.05) is 25.7 Å². The van der Waals surface area contributed by atoms with Crippen molar-refractivity contribution in [1.82, 2.24) is 0 Å². The standard InChI is InChI=1S/C73H142O17P2/c1-63(2)49-41-33-25-17-12-10-9-11-13-21-31-39-47-55-72(77)89-68(59-83-70(75)53-45-37-29-22-14-18-26-34-42-50-64(3)4)61-87-91(79,80)85-57-67(74)58-86-92(81,82)88-62-69(90-73(78)56-48-40-32-24-16-20-28-36-44-52-66(7)8)60-84-71(76)54-46-38-30-23-15-19-27-35-43-51-65(5)6/h63-69,74H,9-62H2,1-8H3,(H,79,80)(H,81,82)/t67-,68-,69-/m1/s1. The van der Waals surface area contributed by atoms with Crippen LogP contribution in [0.4, 0.5) is 0 Å². The molecule has 0 aliphatic rings. The molecule has 0 rings (SSSR count). The molecule has 0 spiro atoms. The maximum absolute atomic E-state index is 13.0. The van der Waals surface area contributed by atoms with Crippen LogP contribution in [0.3, 0.4) is 0 Å². The minimum Gasteiger partial charge on any atom is -0.462 e. The van der Waals surface area contributed by atoms with Crippen LogP contribution in [0.5, 0.6) is 0 Å². The lowest BCUT2D eigenvalue weighted by molar-refractivity contribution is -0.161. The molecule has 2 unspecified atom stereocenters. The summed E-state index contributed by atoms with van der Waals surface area (Å²) in [5, 5.41) is 10.6. The van der Waals surface area contributed by atoms with Crippen molar-refractivity contribution in [2.45, 2.75) is 382 Å². The zero-order chi connectivity index (χ0) is 68.2. The molecule has 0 saturated heterocycles. The zero-order valence-corrected chi connectivity index (χ0v) is 62.0. The fourth-order valence-corrected chi connectivity index (χ4v) is 12.6. The molecule has 0 aromatic rings. The molecule has 0 aliphatic heterocycles. The minimum atomic E-state index is -4.96. The van der Waals surface area contributed by atoms with Crippen molar-refractivity contribution in [3.63, 3.8) is 0 Å². The van der Waals surface area contributed by atoms with E-state index < -0.39 is 97.5 Å². The van der Waals surface area contributed by atoms with Gasteiger partial charge in [0.15, 0.2) is 12.2 Å². The van der Waals surface area contributed by atoms with Gasteiger partial charge in [-0.15, -0.1) is 0 Å². The van der Waals surface area contributed by atoms with E-state index in [1.807, 2.05) is 0 Å². The van der Waals surface area contributed by atoms with Gasteiger partial charge in [0.1, 0.15) is 19.3 Å². The molecule has 3 N–H and O–H groups in total. The van der Waals surface area contributed by atoms with Crippen molar-refractivity contribution < 1.29 is 80.2 Å². The van der Waals surface area contributed by atoms with Gasteiger partial charge in [-0.05, 0) is 49.4 Å². The number of aliphatic hydroxyl groups is 1. The van der Waals surface area contributed by atoms with Gasteiger partial charge in [-0.25, -0.2) is 9.13 Å². The number of carbonyl (C=O) groups is 4. The zero-order valence-electron chi connectivity index (χ0n) is 60.2. The predicted molar refractivity (Wildman–Crippen MR) is 372 cm³/mol. The predicted octanol–water partition coefficient (Wildman–Crippen LogP) is 20.9. The Morgan fingerprint density at radius 3 is 0.674 bits per heavy atom. The fourth-order valence-electron chi connectivity index (χ4n) is 11.0. The SMILES string of the molecule is CC(C)CCCCCCCCCCCCCCCC(=O)O[C@H](COC(=O)CCCCCCCCCCCC(C)C)COP(=O)(O)OC[C@@H](O)COP(=O)(O)OC[C@@H](COC(=O)CCCCCCCCCCCC(C)C)OC(=O)CCCCCCCCCCCC(C)C. The number of aliphatic hydroxyl groups excluding tert-OH is 1. The van der Waals surface area contributed by atoms with Crippen LogP contribution in [-0.4, -0.2) is 96.7 Å². The van der Waals surface area contributed by atoms with Gasteiger partial charge in [0.2, 0.25) is 0 Å². The third kappa shape index (κ3) is 66.7. The van der Waals surface area contributed by atoms with Crippen LogP contribution >= 0.6 is 15.6 Å². The first-order valence-electron chi connectivity index (χ1n) is 37.7. The summed E-state index contributed by atoms with van der Waals surface area (Å²) in [7, 11) is -9.91. The summed E-state index contributed by atoms with van der Waals surface area (Å²) in [6.07, 6.45) is 45.8. The van der Waals surface area contributed by atoms with E-state index in [2.05, 4.69) is 55.4 Å². The Bertz CT molecular complexity index is 1820. The number of hydrogen-bond acceptors (Lipinski definition) is 15. The molecule has 92 heavy (non-hydrogen) atoms. The first kappa shape index (κ1) is 90.1. The molecule has 0 aromatic carbocycles. The van der Waals surface area contributed by atoms with Gasteiger partial charge in [0.05, 0.1) is 26.4 Å². The van der Waals surface area contributed by atoms with E-state index in [1.165, 1.54) is 167 Å². The lowest BCUT2D eigenvalue weighted by Crippen LogP contribution is -2.30. The fraction of sp³-hybridized carbons (Fsp3) is 0.945. The maximum Gasteiger partial charge on any atom is 0.472 e. The molecule has 0 amide bonds. The van der Waals surface area contributed by atoms with Crippen LogP contribution in [0.1, 0.15) is 364 Å². The normalized spacial score (nSPS) is 14.2. The Kier molecular flexibility index (Phi) is 61.3. The summed E-state index contributed by atoms with van der Waals surface area (Å²) in [5.41, 5.74) is 0. The van der Waals surface area contributed by atoms with Gasteiger partial charge in [-0.2, -0.15) is 0 Å². The summed E-state index contributed by atoms with van der Waals surface area (Å²) >= 11 is 0. The van der Waals surface area contributed by atoms with Crippen LogP contribution in [0.2, 0.25) is 0 Å². The first-order chi connectivity index (χ1) is 44.1. The molecule has 0 aliphatic carbocycles. The molecule has 0 radical (unpaired) electrons. The van der Waals surface area contributed by atoms with Crippen LogP contribution in [0.15, 0.2) is 0 Å². The molecule has 546 valence electrons. The number of ether oxygens (including phenoxy) is 4. The highest BCUT2D eigenvalue weighted by Gasteiger charge is 2.30. The molecular formula is C73H142O17P2. The molecule has 5 atom stereocenters. The van der Waals surface area contributed by atoms with Gasteiger partial charge < -0.3 is 33.8 Å². The lowest BCUT2D eigenvalue weighted by atomic mass is 10.0. The number of phosphoric acid groups is 2. The highest BCUT2D eigenvalue weighted by Crippen LogP contribution is 2.45. The average Bonchev–Trinajstić information content (AvgIpc) is 2.36. The van der Waals surface area contributed by atoms with E-state index in [0.29, 0.717) is 25.7 Å². The van der Waals surface area contributed by atoms with Crippen molar-refractivity contribution in [1.29, 1.82) is 0 Å². The minimum absolute atomic E-state index is 0.104. The van der Waals surface area contributed by atoms with Crippen molar-refractivity contribution in [3.8, 4) is 0 Å². The van der Waals surface area contributed by atoms with Crippen LogP contribution in [0.25, 0.3) is 0 Å². The molecule has 0 aromatic heterocycles. The molecular weight excluding hydrogens is 1210 g/mol. The Morgan fingerprint density at radius 2 is 0.457 bits per heavy atom. The molecule has 0 fully saturated rings. The molecule has 0 heterocycles. The van der Waals surface area contributed by atoms with Gasteiger partial charge in [0.25, 0.3) is 0 Å². The first-order valence-corrected chi connectivity index (χ1v) is 40.7. The highest BCUT2D eigenvalue weighted by molar-refractivity contribution is 7.47. The van der Waals surface area contributed by atoms with Crippen molar-refractivity contribution in [2.24, 2.45) is 23.7 Å². The van der Waals surface area contributed by atoms with Crippen LogP contribution in [0, 0.1) is 23.7 Å². The van der Waals surface area contributed by atoms with Crippen molar-refractivity contribution in [2.75, 3.05) is 39.6 Å². The number of unbranched alkanes of at least 4 members (excludes halogenated alkanes) is 36. The quantitative estimate of drug-likeness (QED) is 0.0222. The largest absolute Gasteiger partial charge is 0.472 e. The summed E-state index contributed by atoms with van der Waals surface area (Å²) in [4.78, 5) is 72.7. The van der Waals surface area contributed by atoms with Crippen molar-refractivity contribution >= 4 is 39.5 Å². The number of carbonyl (C=O) groups excluding carboxylic acids is 4. The second kappa shape index (κ2) is 62.6. The van der Waals surface area contributed by atoms with E-state index >= 15 is 0 Å². The van der Waals surface area contributed by atoms with E-state index in [0.717, 1.165) is 114 Å². The Hall–Kier alpha value is -1.94. The number of esters is 4. The number of phosphoric ester groups is 2. The summed E-state index contributed by atoms with van der Waals surface area (Å²) in [6.45, 7) is 14.1. The highest BCUT2D eigenvalue weighted by atomic mass is 31.2. The second-order valence-electron chi connectivity index (χ2n) is 28.2. The second-order valence-corrected chi connectivity index (χ2v) is 31.1. The summed E-state index contributed by atoms with van der Waals surface area (Å²) in [5.74, 6) is 0.886. The Morgan fingerprint density at radius 1 is 0.272 bits per heavy atom. The summed E-state index contributed by atoms with van der Waals surface area (Å²) < 4.78 is 68.4. The smallest absolute Gasteiger partial charge is 0.462 e. The monoisotopic (exact) mass is 1350 g/mol. The maximum atomic E-state index is 13.0. The van der Waals surface area contributed by atoms with Gasteiger partial charge >= 0.3 is 39.5 Å². The van der Waals surface area contributed by atoms with Gasteiger partial charge in [-0.3, -0.25) is 37.3 Å². The summed E-state index contributed by atoms with van der Waals surface area (Å²) in [6, 6.07) is 0. The van der Waals surface area contributed by atoms with Crippen LogP contribution < -0.4 is 0 Å². The number of hydrogen-bond donors (Lipinski definition) is 3. The van der Waals surface area contributed by atoms with Crippen molar-refractivity contribution in [3.05, 3.63) is 0 Å². The molecule has 0 saturated carbocycles. The van der Waals surface area contributed by atoms with E-state index in [-0.39, 0.29) is 25.7 Å². The van der Waals surface area contributed by atoms with E-state index in [1.54, 1.807) is 0 Å². The Labute approximate surface area is 562 Å². The third-order valence-electron chi connectivity index (χ3n) is 16.8.